The third kappa shape index (κ3) is 5.07. The van der Waals surface area contributed by atoms with Gasteiger partial charge in [0.1, 0.15) is 6.04 Å². The van der Waals surface area contributed by atoms with Crippen LogP contribution in [0.1, 0.15) is 50.4 Å². The number of carboxylic acids is 1. The number of amides is 1. The van der Waals surface area contributed by atoms with Gasteiger partial charge >= 0.3 is 5.97 Å². The van der Waals surface area contributed by atoms with Crippen LogP contribution in [0, 0.1) is 11.8 Å². The van der Waals surface area contributed by atoms with Gasteiger partial charge in [-0.25, -0.2) is 13.2 Å². The summed E-state index contributed by atoms with van der Waals surface area (Å²) in [5.74, 6) is -1.51. The van der Waals surface area contributed by atoms with Gasteiger partial charge in [0.15, 0.2) is 0 Å². The van der Waals surface area contributed by atoms with E-state index in [1.165, 1.54) is 28.6 Å². The van der Waals surface area contributed by atoms with Crippen molar-refractivity contribution < 1.29 is 23.1 Å². The minimum Gasteiger partial charge on any atom is -0.480 e. The molecule has 2 rings (SSSR count). The van der Waals surface area contributed by atoms with E-state index >= 15 is 0 Å². The summed E-state index contributed by atoms with van der Waals surface area (Å²) in [6, 6.07) is 4.67. The van der Waals surface area contributed by atoms with Crippen LogP contribution in [-0.4, -0.2) is 48.8 Å². The number of carboxylic acid groups (broad SMARTS) is 1. The van der Waals surface area contributed by atoms with Gasteiger partial charge in [-0.2, -0.15) is 4.31 Å². The molecule has 1 aromatic rings. The van der Waals surface area contributed by atoms with Crippen molar-refractivity contribution in [1.29, 1.82) is 0 Å². The van der Waals surface area contributed by atoms with Gasteiger partial charge < -0.3 is 10.4 Å². The van der Waals surface area contributed by atoms with Crippen molar-refractivity contribution >= 4 is 21.9 Å². The van der Waals surface area contributed by atoms with Crippen LogP contribution in [0.2, 0.25) is 0 Å². The molecular formula is C19H28N2O5S. The zero-order chi connectivity index (χ0) is 20.2. The maximum absolute atomic E-state index is 12.8. The molecule has 3 atom stereocenters. The largest absolute Gasteiger partial charge is 0.480 e. The maximum atomic E-state index is 12.8. The summed E-state index contributed by atoms with van der Waals surface area (Å²) in [6.45, 7) is 6.65. The smallest absolute Gasteiger partial charge is 0.326 e. The Labute approximate surface area is 160 Å². The Morgan fingerprint density at radius 1 is 1.30 bits per heavy atom. The minimum atomic E-state index is -3.58. The zero-order valence-electron chi connectivity index (χ0n) is 16.0. The van der Waals surface area contributed by atoms with E-state index < -0.39 is 27.9 Å². The van der Waals surface area contributed by atoms with Gasteiger partial charge in [-0.15, -0.1) is 0 Å². The average molecular weight is 397 g/mol. The van der Waals surface area contributed by atoms with Crippen molar-refractivity contribution in [1.82, 2.24) is 9.62 Å². The molecule has 7 nitrogen and oxygen atoms in total. The molecule has 1 unspecified atom stereocenters. The lowest BCUT2D eigenvalue weighted by atomic mass is 9.99. The lowest BCUT2D eigenvalue weighted by Crippen LogP contribution is -2.45. The van der Waals surface area contributed by atoms with Crippen LogP contribution in [-0.2, 0) is 14.8 Å². The highest BCUT2D eigenvalue weighted by atomic mass is 32.2. The summed E-state index contributed by atoms with van der Waals surface area (Å²) < 4.78 is 27.0. The number of nitrogens with one attached hydrogen (secondary N) is 1. The lowest BCUT2D eigenvalue weighted by molar-refractivity contribution is -0.140. The molecule has 150 valence electrons. The summed E-state index contributed by atoms with van der Waals surface area (Å²) in [7, 11) is -3.58. The monoisotopic (exact) mass is 396 g/mol. The predicted octanol–water partition coefficient (Wildman–Crippen LogP) is 2.34. The molecule has 0 bridgehead atoms. The number of hydrogen-bond acceptors (Lipinski definition) is 4. The second kappa shape index (κ2) is 8.84. The van der Waals surface area contributed by atoms with Gasteiger partial charge in [-0.05, 0) is 48.9 Å². The van der Waals surface area contributed by atoms with Gasteiger partial charge in [0.05, 0.1) is 4.90 Å². The van der Waals surface area contributed by atoms with Crippen molar-refractivity contribution in [3.63, 3.8) is 0 Å². The Morgan fingerprint density at radius 2 is 1.93 bits per heavy atom. The zero-order valence-corrected chi connectivity index (χ0v) is 16.8. The van der Waals surface area contributed by atoms with Crippen LogP contribution in [0.3, 0.4) is 0 Å². The Hall–Kier alpha value is -1.93. The van der Waals surface area contributed by atoms with Gasteiger partial charge in [-0.3, -0.25) is 4.79 Å². The maximum Gasteiger partial charge on any atom is 0.326 e. The van der Waals surface area contributed by atoms with Crippen LogP contribution >= 0.6 is 0 Å². The summed E-state index contributed by atoms with van der Waals surface area (Å²) in [6.07, 6.45) is 2.47. The standard InChI is InChI=1S/C19H28N2O5S/c1-4-14(3)17(19(23)24)20-18(22)15-7-9-16(10-8-15)27(25,26)21-11-5-6-13(2)12-21/h7-10,13-14,17H,4-6,11-12H2,1-3H3,(H,20,22)(H,23,24)/t13?,14-,17-/m0/s1. The first kappa shape index (κ1) is 21.4. The van der Waals surface area contributed by atoms with Crippen LogP contribution in [0.5, 0.6) is 0 Å². The highest BCUT2D eigenvalue weighted by molar-refractivity contribution is 7.89. The van der Waals surface area contributed by atoms with E-state index in [0.29, 0.717) is 25.4 Å². The molecule has 0 aromatic heterocycles. The summed E-state index contributed by atoms with van der Waals surface area (Å²) >= 11 is 0. The number of hydrogen-bond donors (Lipinski definition) is 2. The Bertz CT molecular complexity index is 776. The van der Waals surface area contributed by atoms with E-state index in [9.17, 15) is 23.1 Å². The fourth-order valence-electron chi connectivity index (χ4n) is 3.20. The highest BCUT2D eigenvalue weighted by Gasteiger charge is 2.29. The lowest BCUT2D eigenvalue weighted by Gasteiger charge is -2.30. The Balaban J connectivity index is 2.14. The number of benzene rings is 1. The van der Waals surface area contributed by atoms with Crippen molar-refractivity contribution in [2.45, 2.75) is 51.0 Å². The third-order valence-electron chi connectivity index (χ3n) is 5.14. The molecule has 0 saturated carbocycles. The fraction of sp³-hybridized carbons (Fsp3) is 0.579. The molecule has 0 aliphatic carbocycles. The highest BCUT2D eigenvalue weighted by Crippen LogP contribution is 2.23. The molecule has 27 heavy (non-hydrogen) atoms. The number of sulfonamides is 1. The Morgan fingerprint density at radius 3 is 2.44 bits per heavy atom. The van der Waals surface area contributed by atoms with Crippen molar-refractivity contribution in [3.05, 3.63) is 29.8 Å². The van der Waals surface area contributed by atoms with Gasteiger partial charge in [0, 0.05) is 18.7 Å². The Kier molecular flexibility index (Phi) is 7.00. The van der Waals surface area contributed by atoms with E-state index in [1.54, 1.807) is 6.92 Å². The molecule has 1 fully saturated rings. The second-order valence-corrected chi connectivity index (χ2v) is 9.25. The fourth-order valence-corrected chi connectivity index (χ4v) is 4.80. The third-order valence-corrected chi connectivity index (χ3v) is 7.02. The summed E-state index contributed by atoms with van der Waals surface area (Å²) in [5.41, 5.74) is 0.232. The SMILES string of the molecule is CC[C@H](C)[C@H](NC(=O)c1ccc(S(=O)(=O)N2CCCC(C)C2)cc1)C(=O)O. The number of aliphatic carboxylic acids is 1. The van der Waals surface area contributed by atoms with E-state index in [2.05, 4.69) is 5.32 Å². The number of piperidine rings is 1. The van der Waals surface area contributed by atoms with Gasteiger partial charge in [0.25, 0.3) is 5.91 Å². The molecule has 1 heterocycles. The summed E-state index contributed by atoms with van der Waals surface area (Å²) in [4.78, 5) is 23.8. The second-order valence-electron chi connectivity index (χ2n) is 7.31. The molecule has 0 spiro atoms. The number of carbonyl (C=O) groups excluding carboxylic acids is 1. The molecule has 8 heteroatoms. The molecule has 0 radical (unpaired) electrons. The molecule has 2 N–H and O–H groups in total. The van der Waals surface area contributed by atoms with E-state index in [0.717, 1.165) is 12.8 Å². The molecule has 1 amide bonds. The minimum absolute atomic E-state index is 0.143. The van der Waals surface area contributed by atoms with Gasteiger partial charge in [-0.1, -0.05) is 27.2 Å². The predicted molar refractivity (Wildman–Crippen MR) is 102 cm³/mol. The van der Waals surface area contributed by atoms with E-state index in [-0.39, 0.29) is 16.4 Å². The molecular weight excluding hydrogens is 368 g/mol. The van der Waals surface area contributed by atoms with Crippen molar-refractivity contribution in [2.24, 2.45) is 11.8 Å². The van der Waals surface area contributed by atoms with E-state index in [4.69, 9.17) is 0 Å². The van der Waals surface area contributed by atoms with Crippen molar-refractivity contribution in [3.8, 4) is 0 Å². The summed E-state index contributed by atoms with van der Waals surface area (Å²) in [5, 5.41) is 11.8. The van der Waals surface area contributed by atoms with Crippen LogP contribution in [0.15, 0.2) is 29.2 Å². The topological polar surface area (TPSA) is 104 Å². The first-order chi connectivity index (χ1) is 12.7. The normalized spacial score (nSPS) is 20.6. The van der Waals surface area contributed by atoms with Crippen LogP contribution in [0.4, 0.5) is 0 Å². The number of rotatable bonds is 7. The first-order valence-corrected chi connectivity index (χ1v) is 10.7. The van der Waals surface area contributed by atoms with Gasteiger partial charge in [0.2, 0.25) is 10.0 Å². The molecule has 1 aliphatic heterocycles. The van der Waals surface area contributed by atoms with E-state index in [1.807, 2.05) is 13.8 Å². The molecule has 1 aliphatic rings. The quantitative estimate of drug-likeness (QED) is 0.736. The number of carbonyl (C=O) groups is 2. The van der Waals surface area contributed by atoms with Crippen LogP contribution < -0.4 is 5.32 Å². The number of nitrogens with zero attached hydrogens (tertiary/aromatic N) is 1. The molecule has 1 aromatic carbocycles. The average Bonchev–Trinajstić information content (AvgIpc) is 2.65. The van der Waals surface area contributed by atoms with Crippen molar-refractivity contribution in [2.75, 3.05) is 13.1 Å². The molecule has 1 saturated heterocycles. The first-order valence-electron chi connectivity index (χ1n) is 9.30. The van der Waals surface area contributed by atoms with Crippen LogP contribution in [0.25, 0.3) is 0 Å².